The summed E-state index contributed by atoms with van der Waals surface area (Å²) in [6, 6.07) is 8.57. The fourth-order valence-electron chi connectivity index (χ4n) is 1.56. The number of carbonyl (C=O) groups is 1. The molecular weight excluding hydrogens is 245 g/mol. The number of halogens is 3. The standard InChI is InChI=1S/C12H9F3N2O/c13-12(14,15)7-17-11(18)10-9-4-2-1-3-8(9)5-6-16-10/h1-6H,7H2,(H,17,18). The van der Waals surface area contributed by atoms with Gasteiger partial charge in [-0.05, 0) is 11.5 Å². The molecular formula is C12H9F3N2O. The summed E-state index contributed by atoms with van der Waals surface area (Å²) in [7, 11) is 0. The van der Waals surface area contributed by atoms with E-state index in [1.165, 1.54) is 6.20 Å². The molecule has 0 saturated carbocycles. The summed E-state index contributed by atoms with van der Waals surface area (Å²) in [5, 5.41) is 3.09. The lowest BCUT2D eigenvalue weighted by molar-refractivity contribution is -0.123. The van der Waals surface area contributed by atoms with Crippen LogP contribution < -0.4 is 5.32 Å². The molecule has 2 rings (SSSR count). The molecule has 1 aromatic carbocycles. The Balaban J connectivity index is 2.28. The van der Waals surface area contributed by atoms with Crippen LogP contribution in [0.1, 0.15) is 10.5 Å². The fraction of sp³-hybridized carbons (Fsp3) is 0.167. The Hall–Kier alpha value is -2.11. The number of alkyl halides is 3. The number of nitrogens with zero attached hydrogens (tertiary/aromatic N) is 1. The van der Waals surface area contributed by atoms with Crippen molar-refractivity contribution in [3.05, 3.63) is 42.2 Å². The van der Waals surface area contributed by atoms with Crippen LogP contribution in [-0.2, 0) is 0 Å². The Bertz CT molecular complexity index is 576. The predicted octanol–water partition coefficient (Wildman–Crippen LogP) is 2.53. The number of pyridine rings is 1. The van der Waals surface area contributed by atoms with Crippen molar-refractivity contribution in [2.45, 2.75) is 6.18 Å². The molecule has 1 amide bonds. The average molecular weight is 254 g/mol. The quantitative estimate of drug-likeness (QED) is 0.894. The molecule has 1 heterocycles. The molecule has 2 aromatic rings. The maximum atomic E-state index is 12.0. The topological polar surface area (TPSA) is 42.0 Å². The largest absolute Gasteiger partial charge is 0.405 e. The zero-order valence-electron chi connectivity index (χ0n) is 9.16. The van der Waals surface area contributed by atoms with Gasteiger partial charge >= 0.3 is 6.18 Å². The summed E-state index contributed by atoms with van der Waals surface area (Å²) in [4.78, 5) is 15.5. The lowest BCUT2D eigenvalue weighted by Crippen LogP contribution is -2.34. The molecule has 0 bridgehead atoms. The van der Waals surface area contributed by atoms with E-state index >= 15 is 0 Å². The van der Waals surface area contributed by atoms with Gasteiger partial charge in [-0.3, -0.25) is 9.78 Å². The van der Waals surface area contributed by atoms with E-state index in [-0.39, 0.29) is 5.69 Å². The number of benzene rings is 1. The second-order valence-corrected chi connectivity index (χ2v) is 3.68. The van der Waals surface area contributed by atoms with Crippen LogP contribution in [0.5, 0.6) is 0 Å². The van der Waals surface area contributed by atoms with Crippen molar-refractivity contribution in [1.29, 1.82) is 0 Å². The molecule has 0 unspecified atom stereocenters. The van der Waals surface area contributed by atoms with E-state index in [1.807, 2.05) is 0 Å². The number of nitrogens with one attached hydrogen (secondary N) is 1. The second-order valence-electron chi connectivity index (χ2n) is 3.68. The Kier molecular flexibility index (Phi) is 3.18. The summed E-state index contributed by atoms with van der Waals surface area (Å²) in [6.07, 6.45) is -3.04. The first kappa shape index (κ1) is 12.3. The Morgan fingerprint density at radius 1 is 1.22 bits per heavy atom. The van der Waals surface area contributed by atoms with E-state index in [1.54, 1.807) is 35.6 Å². The Morgan fingerprint density at radius 2 is 1.94 bits per heavy atom. The van der Waals surface area contributed by atoms with Gasteiger partial charge in [0.1, 0.15) is 12.2 Å². The first-order valence-corrected chi connectivity index (χ1v) is 5.16. The van der Waals surface area contributed by atoms with Gasteiger partial charge in [-0.1, -0.05) is 24.3 Å². The first-order chi connectivity index (χ1) is 8.47. The molecule has 0 atom stereocenters. The van der Waals surface area contributed by atoms with Crippen molar-refractivity contribution in [3.63, 3.8) is 0 Å². The lowest BCUT2D eigenvalue weighted by Gasteiger charge is -2.09. The Morgan fingerprint density at radius 3 is 2.67 bits per heavy atom. The highest BCUT2D eigenvalue weighted by Gasteiger charge is 2.28. The molecule has 0 spiro atoms. The van der Waals surface area contributed by atoms with Gasteiger partial charge in [-0.2, -0.15) is 13.2 Å². The van der Waals surface area contributed by atoms with Crippen molar-refractivity contribution < 1.29 is 18.0 Å². The van der Waals surface area contributed by atoms with Crippen LogP contribution in [0.4, 0.5) is 13.2 Å². The minimum Gasteiger partial charge on any atom is -0.342 e. The first-order valence-electron chi connectivity index (χ1n) is 5.16. The van der Waals surface area contributed by atoms with E-state index in [9.17, 15) is 18.0 Å². The highest BCUT2D eigenvalue weighted by atomic mass is 19.4. The van der Waals surface area contributed by atoms with Crippen LogP contribution in [-0.4, -0.2) is 23.6 Å². The maximum absolute atomic E-state index is 12.0. The predicted molar refractivity (Wildman–Crippen MR) is 60.1 cm³/mol. The average Bonchev–Trinajstić information content (AvgIpc) is 2.34. The van der Waals surface area contributed by atoms with Crippen molar-refractivity contribution in [2.24, 2.45) is 0 Å². The van der Waals surface area contributed by atoms with E-state index in [2.05, 4.69) is 4.98 Å². The van der Waals surface area contributed by atoms with Crippen LogP contribution in [0.2, 0.25) is 0 Å². The summed E-state index contributed by atoms with van der Waals surface area (Å²) >= 11 is 0. The van der Waals surface area contributed by atoms with Gasteiger partial charge in [0.25, 0.3) is 5.91 Å². The molecule has 0 aliphatic heterocycles. The minimum atomic E-state index is -4.43. The third-order valence-electron chi connectivity index (χ3n) is 2.34. The molecule has 1 aromatic heterocycles. The molecule has 3 nitrogen and oxygen atoms in total. The monoisotopic (exact) mass is 254 g/mol. The molecule has 0 aliphatic rings. The van der Waals surface area contributed by atoms with Gasteiger partial charge in [0.15, 0.2) is 0 Å². The molecule has 6 heteroatoms. The number of carbonyl (C=O) groups excluding carboxylic acids is 1. The third-order valence-corrected chi connectivity index (χ3v) is 2.34. The highest BCUT2D eigenvalue weighted by molar-refractivity contribution is 6.05. The summed E-state index contributed by atoms with van der Waals surface area (Å²) in [5.74, 6) is -0.830. The zero-order valence-corrected chi connectivity index (χ0v) is 9.16. The van der Waals surface area contributed by atoms with Gasteiger partial charge in [-0.25, -0.2) is 0 Å². The summed E-state index contributed by atoms with van der Waals surface area (Å²) in [5.41, 5.74) is -0.00245. The normalized spacial score (nSPS) is 11.5. The molecule has 0 fully saturated rings. The lowest BCUT2D eigenvalue weighted by atomic mass is 10.1. The van der Waals surface area contributed by atoms with Crippen LogP contribution in [0, 0.1) is 0 Å². The zero-order chi connectivity index (χ0) is 13.2. The van der Waals surface area contributed by atoms with E-state index in [4.69, 9.17) is 0 Å². The number of hydrogen-bond acceptors (Lipinski definition) is 2. The smallest absolute Gasteiger partial charge is 0.342 e. The number of hydrogen-bond donors (Lipinski definition) is 1. The molecule has 0 saturated heterocycles. The molecule has 0 aliphatic carbocycles. The minimum absolute atomic E-state index is 0.00245. The van der Waals surface area contributed by atoms with Crippen LogP contribution >= 0.6 is 0 Å². The fourth-order valence-corrected chi connectivity index (χ4v) is 1.56. The van der Waals surface area contributed by atoms with Crippen molar-refractivity contribution >= 4 is 16.7 Å². The van der Waals surface area contributed by atoms with Crippen LogP contribution in [0.25, 0.3) is 10.8 Å². The number of aromatic nitrogens is 1. The van der Waals surface area contributed by atoms with Crippen LogP contribution in [0.3, 0.4) is 0 Å². The Labute approximate surface area is 101 Å². The van der Waals surface area contributed by atoms with Crippen molar-refractivity contribution in [2.75, 3.05) is 6.54 Å². The number of rotatable bonds is 2. The van der Waals surface area contributed by atoms with Gasteiger partial charge in [0, 0.05) is 11.6 Å². The molecule has 0 radical (unpaired) electrons. The number of fused-ring (bicyclic) bond motifs is 1. The van der Waals surface area contributed by atoms with Crippen molar-refractivity contribution in [1.82, 2.24) is 10.3 Å². The third kappa shape index (κ3) is 2.77. The van der Waals surface area contributed by atoms with Gasteiger partial charge in [0.05, 0.1) is 0 Å². The molecule has 1 N–H and O–H groups in total. The summed E-state index contributed by atoms with van der Waals surface area (Å²) in [6.45, 7) is -1.36. The molecule has 94 valence electrons. The molecule has 18 heavy (non-hydrogen) atoms. The highest BCUT2D eigenvalue weighted by Crippen LogP contribution is 2.17. The van der Waals surface area contributed by atoms with Gasteiger partial charge in [0.2, 0.25) is 0 Å². The summed E-state index contributed by atoms with van der Waals surface area (Å²) < 4.78 is 36.0. The van der Waals surface area contributed by atoms with Crippen molar-refractivity contribution in [3.8, 4) is 0 Å². The van der Waals surface area contributed by atoms with E-state index in [0.717, 1.165) is 5.39 Å². The van der Waals surface area contributed by atoms with E-state index < -0.39 is 18.6 Å². The number of amides is 1. The van der Waals surface area contributed by atoms with E-state index in [0.29, 0.717) is 5.39 Å². The second kappa shape index (κ2) is 4.64. The maximum Gasteiger partial charge on any atom is 0.405 e. The van der Waals surface area contributed by atoms with Gasteiger partial charge < -0.3 is 5.32 Å². The van der Waals surface area contributed by atoms with Gasteiger partial charge in [-0.15, -0.1) is 0 Å². The van der Waals surface area contributed by atoms with Crippen LogP contribution in [0.15, 0.2) is 36.5 Å². The SMILES string of the molecule is O=C(NCC(F)(F)F)c1nccc2ccccc12.